The summed E-state index contributed by atoms with van der Waals surface area (Å²) in [5.41, 5.74) is 9.38. The first-order valence-electron chi connectivity index (χ1n) is 6.74. The van der Waals surface area contributed by atoms with Crippen molar-refractivity contribution in [3.8, 4) is 0 Å². The topological polar surface area (TPSA) is 43.8 Å². The minimum atomic E-state index is 0.259. The first kappa shape index (κ1) is 12.2. The van der Waals surface area contributed by atoms with Gasteiger partial charge in [-0.25, -0.2) is 4.98 Å². The van der Waals surface area contributed by atoms with E-state index in [1.54, 1.807) is 0 Å². The van der Waals surface area contributed by atoms with Gasteiger partial charge >= 0.3 is 0 Å². The number of nitrogens with two attached hydrogens (primary N) is 1. The van der Waals surface area contributed by atoms with Gasteiger partial charge in [0.05, 0.1) is 22.1 Å². The Bertz CT molecular complexity index is 790. The number of rotatable bonds is 1. The second-order valence-corrected chi connectivity index (χ2v) is 6.56. The highest BCUT2D eigenvalue weighted by Gasteiger charge is 2.26. The Morgan fingerprint density at radius 1 is 1.35 bits per heavy atom. The number of fused-ring (bicyclic) bond motifs is 2. The number of halogens is 1. The standard InChI is InChI=1S/C15H14ClN3S/c16-10-3-1-4-11-14(10)19(15(17)18-11)12-5-2-6-13-9(12)7-8-20-13/h1,3-4,7-8,12H,2,5-6H2,(H2,17,18). The number of hydrogen-bond donors (Lipinski definition) is 1. The van der Waals surface area contributed by atoms with E-state index in [1.165, 1.54) is 23.3 Å². The van der Waals surface area contributed by atoms with E-state index in [1.807, 2.05) is 29.5 Å². The van der Waals surface area contributed by atoms with Crippen molar-refractivity contribution in [1.29, 1.82) is 0 Å². The lowest BCUT2D eigenvalue weighted by atomic mass is 9.93. The number of thiophene rings is 1. The summed E-state index contributed by atoms with van der Waals surface area (Å²) in [6.45, 7) is 0. The highest BCUT2D eigenvalue weighted by atomic mass is 35.5. The predicted molar refractivity (Wildman–Crippen MR) is 84.6 cm³/mol. The summed E-state index contributed by atoms with van der Waals surface area (Å²) >= 11 is 8.22. The van der Waals surface area contributed by atoms with Crippen LogP contribution >= 0.6 is 22.9 Å². The number of para-hydroxylation sites is 1. The molecule has 0 radical (unpaired) electrons. The highest BCUT2D eigenvalue weighted by molar-refractivity contribution is 7.10. The maximum absolute atomic E-state index is 6.38. The Morgan fingerprint density at radius 2 is 2.25 bits per heavy atom. The van der Waals surface area contributed by atoms with E-state index in [0.717, 1.165) is 17.5 Å². The van der Waals surface area contributed by atoms with Gasteiger partial charge in [0.25, 0.3) is 0 Å². The fourth-order valence-corrected chi connectivity index (χ4v) is 4.41. The first-order chi connectivity index (χ1) is 9.75. The zero-order valence-electron chi connectivity index (χ0n) is 10.8. The van der Waals surface area contributed by atoms with Crippen molar-refractivity contribution in [3.05, 3.63) is 45.1 Å². The Balaban J connectivity index is 1.98. The van der Waals surface area contributed by atoms with E-state index in [-0.39, 0.29) is 6.04 Å². The van der Waals surface area contributed by atoms with E-state index in [0.29, 0.717) is 11.0 Å². The maximum Gasteiger partial charge on any atom is 0.201 e. The lowest BCUT2D eigenvalue weighted by Crippen LogP contribution is -2.17. The molecular formula is C15H14ClN3S. The van der Waals surface area contributed by atoms with Gasteiger partial charge in [0.1, 0.15) is 0 Å². The molecule has 0 aliphatic heterocycles. The van der Waals surface area contributed by atoms with Crippen molar-refractivity contribution in [1.82, 2.24) is 9.55 Å². The summed E-state index contributed by atoms with van der Waals surface area (Å²) in [7, 11) is 0. The molecule has 1 aliphatic carbocycles. The van der Waals surface area contributed by atoms with Crippen molar-refractivity contribution >= 4 is 39.9 Å². The molecule has 1 atom stereocenters. The maximum atomic E-state index is 6.38. The summed E-state index contributed by atoms with van der Waals surface area (Å²) in [5, 5.41) is 2.88. The Labute approximate surface area is 126 Å². The average molecular weight is 304 g/mol. The fraction of sp³-hybridized carbons (Fsp3) is 0.267. The predicted octanol–water partition coefficient (Wildman–Crippen LogP) is 4.26. The van der Waals surface area contributed by atoms with E-state index in [2.05, 4.69) is 21.0 Å². The summed E-state index contributed by atoms with van der Waals surface area (Å²) in [6, 6.07) is 8.25. The third-order valence-corrected chi connectivity index (χ3v) is 5.32. The lowest BCUT2D eigenvalue weighted by molar-refractivity contribution is 0.510. The second kappa shape index (κ2) is 4.50. The van der Waals surface area contributed by atoms with Crippen LogP contribution in [-0.4, -0.2) is 9.55 Å². The molecule has 1 aliphatic rings. The van der Waals surface area contributed by atoms with Crippen LogP contribution in [0.4, 0.5) is 5.95 Å². The molecule has 1 unspecified atom stereocenters. The molecule has 3 nitrogen and oxygen atoms in total. The van der Waals surface area contributed by atoms with E-state index in [4.69, 9.17) is 17.3 Å². The normalized spacial score (nSPS) is 18.4. The van der Waals surface area contributed by atoms with Gasteiger partial charge < -0.3 is 10.3 Å². The number of anilines is 1. The van der Waals surface area contributed by atoms with Gasteiger partial charge in [0.15, 0.2) is 0 Å². The molecule has 102 valence electrons. The monoisotopic (exact) mass is 303 g/mol. The fourth-order valence-electron chi connectivity index (χ4n) is 3.17. The number of aryl methyl sites for hydroxylation is 1. The molecule has 0 saturated heterocycles. The third-order valence-electron chi connectivity index (χ3n) is 4.02. The molecule has 2 N–H and O–H groups in total. The number of nitrogen functional groups attached to an aromatic ring is 1. The van der Waals surface area contributed by atoms with Gasteiger partial charge in [-0.1, -0.05) is 17.7 Å². The molecule has 20 heavy (non-hydrogen) atoms. The number of nitrogens with zero attached hydrogens (tertiary/aromatic N) is 2. The molecule has 0 fully saturated rings. The van der Waals surface area contributed by atoms with Crippen molar-refractivity contribution in [2.45, 2.75) is 25.3 Å². The third kappa shape index (κ3) is 1.68. The number of hydrogen-bond acceptors (Lipinski definition) is 3. The Hall–Kier alpha value is -1.52. The molecule has 0 amide bonds. The second-order valence-electron chi connectivity index (χ2n) is 5.15. The van der Waals surface area contributed by atoms with E-state index in [9.17, 15) is 0 Å². The van der Waals surface area contributed by atoms with Crippen LogP contribution in [0.1, 0.15) is 29.3 Å². The summed E-state index contributed by atoms with van der Waals surface area (Å²) < 4.78 is 2.11. The quantitative estimate of drug-likeness (QED) is 0.730. The number of imidazole rings is 1. The van der Waals surface area contributed by atoms with Crippen LogP contribution in [-0.2, 0) is 6.42 Å². The summed E-state index contributed by atoms with van der Waals surface area (Å²) in [5.74, 6) is 0.553. The smallest absolute Gasteiger partial charge is 0.201 e. The molecule has 4 rings (SSSR count). The summed E-state index contributed by atoms with van der Waals surface area (Å²) in [6.07, 6.45) is 3.44. The first-order valence-corrected chi connectivity index (χ1v) is 7.99. The Morgan fingerprint density at radius 3 is 3.15 bits per heavy atom. The van der Waals surface area contributed by atoms with Crippen molar-refractivity contribution in [2.24, 2.45) is 0 Å². The van der Waals surface area contributed by atoms with Crippen LogP contribution in [0.2, 0.25) is 5.02 Å². The minimum absolute atomic E-state index is 0.259. The molecule has 5 heteroatoms. The van der Waals surface area contributed by atoms with Gasteiger partial charge in [-0.15, -0.1) is 11.3 Å². The largest absolute Gasteiger partial charge is 0.369 e. The Kier molecular flexibility index (Phi) is 2.75. The van der Waals surface area contributed by atoms with Gasteiger partial charge in [-0.05, 0) is 48.4 Å². The van der Waals surface area contributed by atoms with Gasteiger partial charge in [0.2, 0.25) is 5.95 Å². The number of aromatic nitrogens is 2. The van der Waals surface area contributed by atoms with Gasteiger partial charge in [-0.2, -0.15) is 0 Å². The van der Waals surface area contributed by atoms with Crippen LogP contribution in [0, 0.1) is 0 Å². The SMILES string of the molecule is Nc1nc2cccc(Cl)c2n1C1CCCc2sccc21. The van der Waals surface area contributed by atoms with Crippen LogP contribution in [0.15, 0.2) is 29.6 Å². The molecule has 0 bridgehead atoms. The van der Waals surface area contributed by atoms with Crippen molar-refractivity contribution in [3.63, 3.8) is 0 Å². The molecule has 0 saturated carbocycles. The molecule has 2 heterocycles. The van der Waals surface area contributed by atoms with E-state index >= 15 is 0 Å². The van der Waals surface area contributed by atoms with Crippen LogP contribution in [0.3, 0.4) is 0 Å². The van der Waals surface area contributed by atoms with Gasteiger partial charge in [-0.3, -0.25) is 0 Å². The number of benzene rings is 1. The zero-order valence-corrected chi connectivity index (χ0v) is 12.4. The average Bonchev–Trinajstić information content (AvgIpc) is 3.02. The molecule has 1 aromatic carbocycles. The zero-order chi connectivity index (χ0) is 13.7. The molecule has 0 spiro atoms. The molecule has 2 aromatic heterocycles. The van der Waals surface area contributed by atoms with Crippen molar-refractivity contribution in [2.75, 3.05) is 5.73 Å². The minimum Gasteiger partial charge on any atom is -0.369 e. The van der Waals surface area contributed by atoms with Crippen LogP contribution in [0.5, 0.6) is 0 Å². The van der Waals surface area contributed by atoms with Gasteiger partial charge in [0, 0.05) is 4.88 Å². The van der Waals surface area contributed by atoms with E-state index < -0.39 is 0 Å². The lowest BCUT2D eigenvalue weighted by Gasteiger charge is -2.25. The summed E-state index contributed by atoms with van der Waals surface area (Å²) in [4.78, 5) is 5.93. The highest BCUT2D eigenvalue weighted by Crippen LogP contribution is 2.40. The van der Waals surface area contributed by atoms with Crippen LogP contribution in [0.25, 0.3) is 11.0 Å². The molecule has 3 aromatic rings. The van der Waals surface area contributed by atoms with Crippen molar-refractivity contribution < 1.29 is 0 Å². The molecular weight excluding hydrogens is 290 g/mol. The van der Waals surface area contributed by atoms with Crippen LogP contribution < -0.4 is 5.73 Å².